The van der Waals surface area contributed by atoms with Crippen molar-refractivity contribution in [2.24, 2.45) is 0 Å². The highest BCUT2D eigenvalue weighted by Gasteiger charge is 2.30. The van der Waals surface area contributed by atoms with Gasteiger partial charge >= 0.3 is 0 Å². The van der Waals surface area contributed by atoms with Crippen molar-refractivity contribution >= 4 is 5.91 Å². The van der Waals surface area contributed by atoms with Gasteiger partial charge in [0.05, 0.1) is 19.8 Å². The summed E-state index contributed by atoms with van der Waals surface area (Å²) in [6, 6.07) is 0.0503. The number of morpholine rings is 1. The number of hydrogen-bond donors (Lipinski definition) is 1. The molecule has 1 aliphatic heterocycles. The van der Waals surface area contributed by atoms with Crippen LogP contribution in [0.4, 0.5) is 0 Å². The Labute approximate surface area is 112 Å². The zero-order valence-electron chi connectivity index (χ0n) is 11.3. The van der Waals surface area contributed by atoms with Crippen LogP contribution in [0.15, 0.2) is 10.9 Å². The number of rotatable bonds is 5. The van der Waals surface area contributed by atoms with Gasteiger partial charge in [-0.25, -0.2) is 0 Å². The highest BCUT2D eigenvalue weighted by Crippen LogP contribution is 2.21. The molecule has 1 aromatic rings. The molecule has 1 aromatic heterocycles. The van der Waals surface area contributed by atoms with Crippen LogP contribution in [-0.2, 0) is 9.53 Å². The van der Waals surface area contributed by atoms with Gasteiger partial charge in [-0.1, -0.05) is 12.1 Å². The number of hydrogen-bond acceptors (Lipinski definition) is 6. The summed E-state index contributed by atoms with van der Waals surface area (Å²) >= 11 is 0. The Morgan fingerprint density at radius 2 is 2.53 bits per heavy atom. The molecule has 0 aromatic carbocycles. The lowest BCUT2D eigenvalue weighted by atomic mass is 10.2. The second kappa shape index (κ2) is 6.63. The van der Waals surface area contributed by atoms with Crippen molar-refractivity contribution in [3.8, 4) is 0 Å². The smallest absolute Gasteiger partial charge is 0.246 e. The van der Waals surface area contributed by atoms with E-state index in [0.29, 0.717) is 32.2 Å². The zero-order valence-corrected chi connectivity index (χ0v) is 11.3. The van der Waals surface area contributed by atoms with Crippen LogP contribution in [0.3, 0.4) is 0 Å². The van der Waals surface area contributed by atoms with Gasteiger partial charge in [0.1, 0.15) is 6.04 Å². The highest BCUT2D eigenvalue weighted by molar-refractivity contribution is 5.78. The summed E-state index contributed by atoms with van der Waals surface area (Å²) in [4.78, 5) is 18.0. The first-order chi connectivity index (χ1) is 9.20. The van der Waals surface area contributed by atoms with Crippen LogP contribution in [0.5, 0.6) is 0 Å². The van der Waals surface area contributed by atoms with Crippen molar-refractivity contribution in [1.29, 1.82) is 0 Å². The van der Waals surface area contributed by atoms with E-state index in [9.17, 15) is 4.79 Å². The number of carbonyl (C=O) groups excluding carboxylic acids is 1. The summed E-state index contributed by atoms with van der Waals surface area (Å²) in [5.41, 5.74) is 0. The molecule has 0 aliphatic carbocycles. The average molecular weight is 268 g/mol. The number of ether oxygens (including phenoxy) is 1. The molecule has 19 heavy (non-hydrogen) atoms. The van der Waals surface area contributed by atoms with Gasteiger partial charge in [-0.3, -0.25) is 9.69 Å². The lowest BCUT2D eigenvalue weighted by Crippen LogP contribution is -2.46. The summed E-state index contributed by atoms with van der Waals surface area (Å²) < 4.78 is 10.5. The first-order valence-corrected chi connectivity index (χ1v) is 6.58. The molecule has 106 valence electrons. The summed E-state index contributed by atoms with van der Waals surface area (Å²) in [6.07, 6.45) is 2.28. The van der Waals surface area contributed by atoms with Gasteiger partial charge in [0.25, 0.3) is 0 Å². The van der Waals surface area contributed by atoms with E-state index in [2.05, 4.69) is 15.5 Å². The SMILES string of the molecule is CC[C@H](C)NC(=O)CN1CCOC[C@@H]1c1ncno1. The van der Waals surface area contributed by atoms with E-state index in [-0.39, 0.29) is 18.0 Å². The number of aromatic nitrogens is 2. The van der Waals surface area contributed by atoms with Crippen molar-refractivity contribution in [2.45, 2.75) is 32.4 Å². The Morgan fingerprint density at radius 1 is 1.68 bits per heavy atom. The molecule has 2 rings (SSSR count). The first kappa shape index (κ1) is 14.0. The van der Waals surface area contributed by atoms with Crippen LogP contribution in [0, 0.1) is 0 Å². The van der Waals surface area contributed by atoms with Crippen LogP contribution >= 0.6 is 0 Å². The maximum absolute atomic E-state index is 11.9. The quantitative estimate of drug-likeness (QED) is 0.830. The second-order valence-electron chi connectivity index (χ2n) is 4.72. The van der Waals surface area contributed by atoms with Gasteiger partial charge in [-0.15, -0.1) is 0 Å². The third kappa shape index (κ3) is 3.74. The van der Waals surface area contributed by atoms with Crippen molar-refractivity contribution in [1.82, 2.24) is 20.4 Å². The number of amides is 1. The molecule has 1 aliphatic rings. The molecular formula is C12H20N4O3. The number of nitrogens with one attached hydrogen (secondary N) is 1. The fraction of sp³-hybridized carbons (Fsp3) is 0.750. The highest BCUT2D eigenvalue weighted by atomic mass is 16.5. The molecule has 1 amide bonds. The molecule has 0 unspecified atom stereocenters. The van der Waals surface area contributed by atoms with Crippen LogP contribution < -0.4 is 5.32 Å². The van der Waals surface area contributed by atoms with Crippen molar-refractivity contribution in [2.75, 3.05) is 26.3 Å². The molecule has 7 heteroatoms. The summed E-state index contributed by atoms with van der Waals surface area (Å²) in [6.45, 7) is 6.12. The van der Waals surface area contributed by atoms with Crippen LogP contribution in [0.2, 0.25) is 0 Å². The fourth-order valence-electron chi connectivity index (χ4n) is 1.99. The summed E-state index contributed by atoms with van der Waals surface area (Å²) in [7, 11) is 0. The largest absolute Gasteiger partial charge is 0.378 e. The molecule has 0 radical (unpaired) electrons. The Bertz CT molecular complexity index is 396. The van der Waals surface area contributed by atoms with Crippen LogP contribution in [0.1, 0.15) is 32.2 Å². The minimum Gasteiger partial charge on any atom is -0.378 e. The van der Waals surface area contributed by atoms with Crippen LogP contribution in [-0.4, -0.2) is 53.3 Å². The zero-order chi connectivity index (χ0) is 13.7. The van der Waals surface area contributed by atoms with Crippen molar-refractivity contribution in [3.05, 3.63) is 12.2 Å². The molecule has 1 fully saturated rings. The standard InChI is InChI=1S/C12H20N4O3/c1-3-9(2)15-11(17)6-16-4-5-18-7-10(16)12-13-8-14-19-12/h8-10H,3-7H2,1-2H3,(H,15,17)/t9-,10+/m0/s1. The topological polar surface area (TPSA) is 80.5 Å². The average Bonchev–Trinajstić information content (AvgIpc) is 2.93. The summed E-state index contributed by atoms with van der Waals surface area (Å²) in [5.74, 6) is 0.511. The van der Waals surface area contributed by atoms with E-state index in [1.165, 1.54) is 6.33 Å². The van der Waals surface area contributed by atoms with E-state index in [0.717, 1.165) is 6.42 Å². The molecule has 1 N–H and O–H groups in total. The fourth-order valence-corrected chi connectivity index (χ4v) is 1.99. The van der Waals surface area contributed by atoms with E-state index in [1.807, 2.05) is 18.7 Å². The minimum atomic E-state index is -0.140. The lowest BCUT2D eigenvalue weighted by molar-refractivity contribution is -0.125. The molecule has 7 nitrogen and oxygen atoms in total. The Balaban J connectivity index is 1.94. The maximum atomic E-state index is 11.9. The molecule has 0 bridgehead atoms. The van der Waals surface area contributed by atoms with Gasteiger partial charge in [0.2, 0.25) is 11.8 Å². The maximum Gasteiger partial charge on any atom is 0.246 e. The molecule has 2 heterocycles. The van der Waals surface area contributed by atoms with E-state index in [1.54, 1.807) is 0 Å². The van der Waals surface area contributed by atoms with Gasteiger partial charge in [0.15, 0.2) is 6.33 Å². The Morgan fingerprint density at radius 3 is 3.21 bits per heavy atom. The predicted octanol–water partition coefficient (Wildman–Crippen LogP) is 0.358. The predicted molar refractivity (Wildman–Crippen MR) is 67.3 cm³/mol. The molecule has 0 spiro atoms. The monoisotopic (exact) mass is 268 g/mol. The molecule has 2 atom stereocenters. The van der Waals surface area contributed by atoms with E-state index in [4.69, 9.17) is 9.26 Å². The minimum absolute atomic E-state index is 0.0146. The van der Waals surface area contributed by atoms with Crippen molar-refractivity contribution in [3.63, 3.8) is 0 Å². The van der Waals surface area contributed by atoms with E-state index >= 15 is 0 Å². The van der Waals surface area contributed by atoms with Crippen LogP contribution in [0.25, 0.3) is 0 Å². The lowest BCUT2D eigenvalue weighted by Gasteiger charge is -2.32. The normalized spacial score (nSPS) is 22.1. The first-order valence-electron chi connectivity index (χ1n) is 6.58. The van der Waals surface area contributed by atoms with Gasteiger partial charge < -0.3 is 14.6 Å². The summed E-state index contributed by atoms with van der Waals surface area (Å²) in [5, 5.41) is 6.56. The third-order valence-corrected chi connectivity index (χ3v) is 3.27. The number of carbonyl (C=O) groups is 1. The molecular weight excluding hydrogens is 248 g/mol. The Hall–Kier alpha value is -1.47. The third-order valence-electron chi connectivity index (χ3n) is 3.27. The van der Waals surface area contributed by atoms with Crippen molar-refractivity contribution < 1.29 is 14.1 Å². The number of nitrogens with zero attached hydrogens (tertiary/aromatic N) is 3. The Kier molecular flexibility index (Phi) is 4.86. The molecule has 0 saturated carbocycles. The van der Waals surface area contributed by atoms with Gasteiger partial charge in [0, 0.05) is 12.6 Å². The second-order valence-corrected chi connectivity index (χ2v) is 4.72. The molecule has 1 saturated heterocycles. The van der Waals surface area contributed by atoms with E-state index < -0.39 is 0 Å². The van der Waals surface area contributed by atoms with Gasteiger partial charge in [-0.2, -0.15) is 4.98 Å². The van der Waals surface area contributed by atoms with Gasteiger partial charge in [-0.05, 0) is 13.3 Å².